The Morgan fingerprint density at radius 2 is 1.95 bits per heavy atom. The number of anilines is 1. The van der Waals surface area contributed by atoms with Crippen LogP contribution in [0.15, 0.2) is 48.5 Å². The highest BCUT2D eigenvalue weighted by molar-refractivity contribution is 7.99. The Bertz CT molecular complexity index is 631. The molecule has 1 amide bonds. The van der Waals surface area contributed by atoms with Gasteiger partial charge in [0.1, 0.15) is 5.75 Å². The van der Waals surface area contributed by atoms with E-state index in [0.29, 0.717) is 17.2 Å². The van der Waals surface area contributed by atoms with E-state index in [-0.39, 0.29) is 12.5 Å². The molecule has 0 aromatic heterocycles. The number of ether oxygens (including phenoxy) is 1. The zero-order valence-electron chi connectivity index (χ0n) is 12.4. The van der Waals surface area contributed by atoms with E-state index in [1.807, 2.05) is 48.5 Å². The highest BCUT2D eigenvalue weighted by atomic mass is 32.2. The molecule has 0 bridgehead atoms. The predicted octanol–water partition coefficient (Wildman–Crippen LogP) is 3.06. The summed E-state index contributed by atoms with van der Waals surface area (Å²) < 4.78 is 5.20. The van der Waals surface area contributed by atoms with Crippen molar-refractivity contribution in [2.45, 2.75) is 12.4 Å². The van der Waals surface area contributed by atoms with Crippen molar-refractivity contribution in [1.82, 2.24) is 0 Å². The third-order valence-corrected chi connectivity index (χ3v) is 4.06. The van der Waals surface area contributed by atoms with Crippen LogP contribution in [0.3, 0.4) is 0 Å². The van der Waals surface area contributed by atoms with Gasteiger partial charge in [0.15, 0.2) is 0 Å². The van der Waals surface area contributed by atoms with Gasteiger partial charge in [-0.25, -0.2) is 0 Å². The van der Waals surface area contributed by atoms with Gasteiger partial charge in [0.05, 0.1) is 25.2 Å². The van der Waals surface area contributed by atoms with Crippen molar-refractivity contribution >= 4 is 23.4 Å². The van der Waals surface area contributed by atoms with Crippen LogP contribution in [0, 0.1) is 0 Å². The summed E-state index contributed by atoms with van der Waals surface area (Å²) >= 11 is 1.53. The summed E-state index contributed by atoms with van der Waals surface area (Å²) in [6, 6.07) is 15.1. The Kier molecular flexibility index (Phi) is 6.30. The van der Waals surface area contributed by atoms with E-state index in [0.717, 1.165) is 16.9 Å². The van der Waals surface area contributed by atoms with E-state index in [1.54, 1.807) is 7.11 Å². The zero-order valence-corrected chi connectivity index (χ0v) is 13.2. The average Bonchev–Trinajstić information content (AvgIpc) is 2.55. The molecule has 2 aromatic rings. The van der Waals surface area contributed by atoms with Gasteiger partial charge in [-0.1, -0.05) is 36.4 Å². The van der Waals surface area contributed by atoms with Crippen molar-refractivity contribution in [1.29, 1.82) is 0 Å². The maximum absolute atomic E-state index is 12.0. The number of thioether (sulfide) groups is 1. The number of methoxy groups -OCH3 is 1. The molecule has 116 valence electrons. The number of benzene rings is 2. The first-order chi connectivity index (χ1) is 10.7. The SMILES string of the molecule is COc1ccccc1NC(=O)CSCc1cccc(CO)c1. The first-order valence-electron chi connectivity index (χ1n) is 6.92. The molecule has 22 heavy (non-hydrogen) atoms. The van der Waals surface area contributed by atoms with Gasteiger partial charge in [0.2, 0.25) is 5.91 Å². The molecule has 0 aliphatic heterocycles. The molecule has 4 nitrogen and oxygen atoms in total. The van der Waals surface area contributed by atoms with Crippen LogP contribution in [-0.2, 0) is 17.2 Å². The summed E-state index contributed by atoms with van der Waals surface area (Å²) in [6.07, 6.45) is 0. The second-order valence-electron chi connectivity index (χ2n) is 4.72. The number of amides is 1. The summed E-state index contributed by atoms with van der Waals surface area (Å²) in [5.41, 5.74) is 2.66. The van der Waals surface area contributed by atoms with E-state index in [9.17, 15) is 4.79 Å². The van der Waals surface area contributed by atoms with Gasteiger partial charge in [-0.05, 0) is 23.3 Å². The topological polar surface area (TPSA) is 58.6 Å². The van der Waals surface area contributed by atoms with E-state index in [2.05, 4.69) is 5.32 Å². The summed E-state index contributed by atoms with van der Waals surface area (Å²) in [6.45, 7) is 0.0345. The quantitative estimate of drug-likeness (QED) is 0.824. The van der Waals surface area contributed by atoms with Crippen molar-refractivity contribution in [3.05, 3.63) is 59.7 Å². The number of aliphatic hydroxyl groups is 1. The fourth-order valence-electron chi connectivity index (χ4n) is 2.01. The summed E-state index contributed by atoms with van der Waals surface area (Å²) in [7, 11) is 1.58. The number of aliphatic hydroxyl groups excluding tert-OH is 1. The molecule has 2 rings (SSSR count). The first kappa shape index (κ1) is 16.4. The predicted molar refractivity (Wildman–Crippen MR) is 90.2 cm³/mol. The molecule has 0 fully saturated rings. The van der Waals surface area contributed by atoms with Crippen LogP contribution in [0.5, 0.6) is 5.75 Å². The summed E-state index contributed by atoms with van der Waals surface area (Å²) in [5.74, 6) is 1.68. The molecule has 0 radical (unpaired) electrons. The van der Waals surface area contributed by atoms with E-state index in [4.69, 9.17) is 9.84 Å². The summed E-state index contributed by atoms with van der Waals surface area (Å²) in [4.78, 5) is 12.0. The second-order valence-corrected chi connectivity index (χ2v) is 5.70. The Morgan fingerprint density at radius 3 is 2.73 bits per heavy atom. The largest absolute Gasteiger partial charge is 0.495 e. The third-order valence-electron chi connectivity index (χ3n) is 3.06. The second kappa shape index (κ2) is 8.46. The van der Waals surface area contributed by atoms with E-state index in [1.165, 1.54) is 11.8 Å². The van der Waals surface area contributed by atoms with Gasteiger partial charge in [-0.3, -0.25) is 4.79 Å². The van der Waals surface area contributed by atoms with Crippen LogP contribution < -0.4 is 10.1 Å². The van der Waals surface area contributed by atoms with Gasteiger partial charge in [-0.15, -0.1) is 11.8 Å². The minimum absolute atomic E-state index is 0.0345. The van der Waals surface area contributed by atoms with E-state index < -0.39 is 0 Å². The minimum atomic E-state index is -0.0622. The van der Waals surface area contributed by atoms with Gasteiger partial charge >= 0.3 is 0 Å². The molecular weight excluding hydrogens is 298 g/mol. The van der Waals surface area contributed by atoms with Crippen molar-refractivity contribution in [2.75, 3.05) is 18.2 Å². The van der Waals surface area contributed by atoms with Crippen LogP contribution in [0.1, 0.15) is 11.1 Å². The highest BCUT2D eigenvalue weighted by Crippen LogP contribution is 2.23. The number of rotatable bonds is 7. The number of carbonyl (C=O) groups excluding carboxylic acids is 1. The van der Waals surface area contributed by atoms with Crippen LogP contribution in [0.4, 0.5) is 5.69 Å². The lowest BCUT2D eigenvalue weighted by atomic mass is 10.1. The van der Waals surface area contributed by atoms with Crippen molar-refractivity contribution < 1.29 is 14.6 Å². The molecule has 0 spiro atoms. The maximum Gasteiger partial charge on any atom is 0.234 e. The Balaban J connectivity index is 1.82. The monoisotopic (exact) mass is 317 g/mol. The Labute approximate surface area is 134 Å². The standard InChI is InChI=1S/C17H19NO3S/c1-21-16-8-3-2-7-15(16)18-17(20)12-22-11-14-6-4-5-13(9-14)10-19/h2-9,19H,10-12H2,1H3,(H,18,20). The molecule has 0 atom stereocenters. The fraction of sp³-hybridized carbons (Fsp3) is 0.235. The third kappa shape index (κ3) is 4.79. The molecule has 2 N–H and O–H groups in total. The number of para-hydroxylation sites is 2. The molecule has 0 saturated carbocycles. The number of hydrogen-bond donors (Lipinski definition) is 2. The molecule has 2 aromatic carbocycles. The smallest absolute Gasteiger partial charge is 0.234 e. The minimum Gasteiger partial charge on any atom is -0.495 e. The van der Waals surface area contributed by atoms with Gasteiger partial charge in [-0.2, -0.15) is 0 Å². The van der Waals surface area contributed by atoms with Crippen molar-refractivity contribution in [2.24, 2.45) is 0 Å². The average molecular weight is 317 g/mol. The number of hydrogen-bond acceptors (Lipinski definition) is 4. The Hall–Kier alpha value is -1.98. The molecule has 0 heterocycles. The fourth-order valence-corrected chi connectivity index (χ4v) is 2.79. The zero-order chi connectivity index (χ0) is 15.8. The maximum atomic E-state index is 12.0. The molecule has 0 saturated heterocycles. The van der Waals surface area contributed by atoms with Crippen LogP contribution in [-0.4, -0.2) is 23.9 Å². The van der Waals surface area contributed by atoms with Crippen LogP contribution >= 0.6 is 11.8 Å². The normalized spacial score (nSPS) is 10.3. The molecule has 0 unspecified atom stereocenters. The summed E-state index contributed by atoms with van der Waals surface area (Å²) in [5, 5.41) is 12.0. The number of carbonyl (C=O) groups is 1. The molecule has 0 aliphatic carbocycles. The lowest BCUT2D eigenvalue weighted by Gasteiger charge is -2.09. The van der Waals surface area contributed by atoms with Crippen LogP contribution in [0.2, 0.25) is 0 Å². The van der Waals surface area contributed by atoms with Gasteiger partial charge in [0.25, 0.3) is 0 Å². The van der Waals surface area contributed by atoms with E-state index >= 15 is 0 Å². The Morgan fingerprint density at radius 1 is 1.18 bits per heavy atom. The number of nitrogens with one attached hydrogen (secondary N) is 1. The molecule has 0 aliphatic rings. The lowest BCUT2D eigenvalue weighted by Crippen LogP contribution is -2.14. The van der Waals surface area contributed by atoms with Crippen LogP contribution in [0.25, 0.3) is 0 Å². The first-order valence-corrected chi connectivity index (χ1v) is 8.07. The molecule has 5 heteroatoms. The lowest BCUT2D eigenvalue weighted by molar-refractivity contribution is -0.113. The van der Waals surface area contributed by atoms with Gasteiger partial charge in [0, 0.05) is 5.75 Å². The van der Waals surface area contributed by atoms with Crippen molar-refractivity contribution in [3.8, 4) is 5.75 Å². The van der Waals surface area contributed by atoms with Crippen molar-refractivity contribution in [3.63, 3.8) is 0 Å². The molecular formula is C17H19NO3S. The highest BCUT2D eigenvalue weighted by Gasteiger charge is 2.07. The van der Waals surface area contributed by atoms with Gasteiger partial charge < -0.3 is 15.2 Å².